The highest BCUT2D eigenvalue weighted by Gasteiger charge is 2.17. The largest absolute Gasteiger partial charge is 0.466 e. The number of carbonyl (C=O) groups is 2. The van der Waals surface area contributed by atoms with Crippen LogP contribution in [0.3, 0.4) is 0 Å². The first kappa shape index (κ1) is 56.1. The number of hydrogen-bond acceptors (Lipinski definition) is 5. The minimum atomic E-state index is -0.874. The fraction of sp³-hybridized carbons (Fsp3) is 0.846. The number of hydrogen-bond donors (Lipinski definition) is 3. The summed E-state index contributed by atoms with van der Waals surface area (Å²) in [5, 5.41) is 22.9. The van der Waals surface area contributed by atoms with Gasteiger partial charge in [0.05, 0.1) is 25.4 Å². The minimum absolute atomic E-state index is 0.0393. The number of nitrogens with one attached hydrogen (secondary N) is 1. The summed E-state index contributed by atoms with van der Waals surface area (Å²) in [5.74, 6) is -0.169. The molecule has 0 saturated heterocycles. The Morgan fingerprint density at radius 2 is 0.828 bits per heavy atom. The van der Waals surface area contributed by atoms with E-state index in [1.807, 2.05) is 6.08 Å². The number of esters is 1. The highest BCUT2D eigenvalue weighted by molar-refractivity contribution is 5.76. The second kappa shape index (κ2) is 47.8. The van der Waals surface area contributed by atoms with E-state index in [4.69, 9.17) is 4.74 Å². The second-order valence-corrected chi connectivity index (χ2v) is 17.1. The fourth-order valence-electron chi connectivity index (χ4n) is 7.45. The molecule has 340 valence electrons. The topological polar surface area (TPSA) is 95.9 Å². The SMILES string of the molecule is CCCCCCCC/C=C\CCCCCCCCCCCC(=O)OCCCCCC/C=C\CCCC(=O)NC(CO)C(O)/C=C/CCCCCCCCCCCCC. The molecule has 0 fully saturated rings. The number of amides is 1. The molecule has 0 heterocycles. The Hall–Kier alpha value is -1.92. The van der Waals surface area contributed by atoms with Gasteiger partial charge in [-0.1, -0.05) is 204 Å². The molecule has 0 bridgehead atoms. The van der Waals surface area contributed by atoms with Gasteiger partial charge in [-0.25, -0.2) is 0 Å². The van der Waals surface area contributed by atoms with Crippen molar-refractivity contribution in [3.05, 3.63) is 36.5 Å². The summed E-state index contributed by atoms with van der Waals surface area (Å²) in [5.41, 5.74) is 0. The van der Waals surface area contributed by atoms with Crippen molar-refractivity contribution in [1.29, 1.82) is 0 Å². The van der Waals surface area contributed by atoms with Gasteiger partial charge in [0.15, 0.2) is 0 Å². The molecule has 6 nitrogen and oxygen atoms in total. The standard InChI is InChI=1S/C52H97NO5/c1-3-5-7-9-11-13-15-17-18-19-20-21-22-24-26-30-34-38-42-46-52(57)58-47-43-39-35-31-27-29-33-37-41-45-51(56)53-49(48-54)50(55)44-40-36-32-28-25-23-16-14-12-10-8-6-4-2/h17-18,29,33,40,44,49-50,54-55H,3-16,19-28,30-32,34-39,41-43,45-48H2,1-2H3,(H,53,56)/b18-17-,33-29-,44-40+. The maximum absolute atomic E-state index is 12.4. The normalized spacial score (nSPS) is 13.0. The van der Waals surface area contributed by atoms with Gasteiger partial charge in [-0.15, -0.1) is 0 Å². The molecular weight excluding hydrogens is 719 g/mol. The van der Waals surface area contributed by atoms with Gasteiger partial charge < -0.3 is 20.3 Å². The predicted octanol–water partition coefficient (Wildman–Crippen LogP) is 14.9. The molecule has 0 radical (unpaired) electrons. The van der Waals surface area contributed by atoms with E-state index in [1.54, 1.807) is 6.08 Å². The van der Waals surface area contributed by atoms with E-state index < -0.39 is 12.1 Å². The van der Waals surface area contributed by atoms with Crippen LogP contribution in [0.4, 0.5) is 0 Å². The summed E-state index contributed by atoms with van der Waals surface area (Å²) < 4.78 is 5.45. The van der Waals surface area contributed by atoms with Crippen molar-refractivity contribution in [1.82, 2.24) is 5.32 Å². The summed E-state index contributed by atoms with van der Waals surface area (Å²) in [4.78, 5) is 24.4. The molecule has 0 aromatic rings. The van der Waals surface area contributed by atoms with Crippen LogP contribution in [0.5, 0.6) is 0 Å². The maximum Gasteiger partial charge on any atom is 0.305 e. The predicted molar refractivity (Wildman–Crippen MR) is 250 cm³/mol. The smallest absolute Gasteiger partial charge is 0.305 e. The number of unbranched alkanes of at least 4 members (excludes halogenated alkanes) is 31. The Bertz CT molecular complexity index is 946. The molecule has 0 aromatic carbocycles. The molecular formula is C52H97NO5. The summed E-state index contributed by atoms with van der Waals surface area (Å²) in [6.45, 7) is 4.79. The second-order valence-electron chi connectivity index (χ2n) is 17.1. The number of ether oxygens (including phenoxy) is 1. The van der Waals surface area contributed by atoms with Gasteiger partial charge in [0.2, 0.25) is 5.91 Å². The third-order valence-corrected chi connectivity index (χ3v) is 11.4. The molecule has 0 saturated carbocycles. The number of carbonyl (C=O) groups excluding carboxylic acids is 2. The van der Waals surface area contributed by atoms with Crippen LogP contribution >= 0.6 is 0 Å². The molecule has 3 N–H and O–H groups in total. The van der Waals surface area contributed by atoms with Crippen LogP contribution in [-0.4, -0.2) is 47.4 Å². The summed E-state index contributed by atoms with van der Waals surface area (Å²) in [7, 11) is 0. The Labute approximate surface area is 360 Å². The fourth-order valence-corrected chi connectivity index (χ4v) is 7.45. The van der Waals surface area contributed by atoms with Crippen LogP contribution in [0, 0.1) is 0 Å². The molecule has 0 aliphatic heterocycles. The van der Waals surface area contributed by atoms with E-state index in [0.29, 0.717) is 19.4 Å². The third-order valence-electron chi connectivity index (χ3n) is 11.4. The highest BCUT2D eigenvalue weighted by atomic mass is 16.5. The van der Waals surface area contributed by atoms with Crippen LogP contribution in [0.15, 0.2) is 36.5 Å². The van der Waals surface area contributed by atoms with Crippen LogP contribution in [-0.2, 0) is 14.3 Å². The van der Waals surface area contributed by atoms with Gasteiger partial charge in [0, 0.05) is 12.8 Å². The molecule has 6 heteroatoms. The van der Waals surface area contributed by atoms with E-state index in [2.05, 4.69) is 43.5 Å². The first-order valence-corrected chi connectivity index (χ1v) is 25.3. The van der Waals surface area contributed by atoms with Crippen molar-refractivity contribution >= 4 is 11.9 Å². The average Bonchev–Trinajstić information content (AvgIpc) is 3.22. The minimum Gasteiger partial charge on any atom is -0.466 e. The zero-order valence-corrected chi connectivity index (χ0v) is 38.5. The average molecular weight is 816 g/mol. The number of rotatable bonds is 46. The number of aliphatic hydroxyl groups is 2. The van der Waals surface area contributed by atoms with E-state index in [0.717, 1.165) is 70.6 Å². The molecule has 0 aliphatic rings. The first-order chi connectivity index (χ1) is 28.5. The molecule has 58 heavy (non-hydrogen) atoms. The Morgan fingerprint density at radius 3 is 1.26 bits per heavy atom. The lowest BCUT2D eigenvalue weighted by Gasteiger charge is -2.19. The van der Waals surface area contributed by atoms with Crippen LogP contribution < -0.4 is 5.32 Å². The lowest BCUT2D eigenvalue weighted by atomic mass is 10.0. The monoisotopic (exact) mass is 816 g/mol. The van der Waals surface area contributed by atoms with Crippen molar-refractivity contribution in [3.8, 4) is 0 Å². The van der Waals surface area contributed by atoms with Gasteiger partial charge in [-0.2, -0.15) is 0 Å². The van der Waals surface area contributed by atoms with Crippen LogP contribution in [0.1, 0.15) is 258 Å². The van der Waals surface area contributed by atoms with E-state index >= 15 is 0 Å². The van der Waals surface area contributed by atoms with E-state index in [9.17, 15) is 19.8 Å². The number of aliphatic hydroxyl groups excluding tert-OH is 2. The Kier molecular flexibility index (Phi) is 46.2. The third kappa shape index (κ3) is 43.7. The Balaban J connectivity index is 3.55. The molecule has 0 rings (SSSR count). The summed E-state index contributed by atoms with van der Waals surface area (Å²) in [6, 6.07) is -0.665. The van der Waals surface area contributed by atoms with Crippen molar-refractivity contribution in [2.45, 2.75) is 270 Å². The lowest BCUT2D eigenvalue weighted by molar-refractivity contribution is -0.143. The zero-order valence-electron chi connectivity index (χ0n) is 38.5. The van der Waals surface area contributed by atoms with Gasteiger partial charge >= 0.3 is 5.97 Å². The van der Waals surface area contributed by atoms with Gasteiger partial charge in [-0.05, 0) is 77.0 Å². The van der Waals surface area contributed by atoms with Crippen LogP contribution in [0.2, 0.25) is 0 Å². The maximum atomic E-state index is 12.4. The van der Waals surface area contributed by atoms with Crippen molar-refractivity contribution in [3.63, 3.8) is 0 Å². The van der Waals surface area contributed by atoms with E-state index in [-0.39, 0.29) is 18.5 Å². The highest BCUT2D eigenvalue weighted by Crippen LogP contribution is 2.15. The zero-order chi connectivity index (χ0) is 42.3. The lowest BCUT2D eigenvalue weighted by Crippen LogP contribution is -2.45. The van der Waals surface area contributed by atoms with Crippen molar-refractivity contribution < 1.29 is 24.5 Å². The van der Waals surface area contributed by atoms with Crippen molar-refractivity contribution in [2.24, 2.45) is 0 Å². The van der Waals surface area contributed by atoms with Gasteiger partial charge in [0.25, 0.3) is 0 Å². The summed E-state index contributed by atoms with van der Waals surface area (Å²) in [6.07, 6.45) is 57.2. The molecule has 2 unspecified atom stereocenters. The first-order valence-electron chi connectivity index (χ1n) is 25.3. The molecule has 0 aliphatic carbocycles. The van der Waals surface area contributed by atoms with Gasteiger partial charge in [0.1, 0.15) is 0 Å². The van der Waals surface area contributed by atoms with E-state index in [1.165, 1.54) is 161 Å². The molecule has 0 spiro atoms. The molecule has 0 aromatic heterocycles. The number of allylic oxidation sites excluding steroid dienone is 5. The van der Waals surface area contributed by atoms with Gasteiger partial charge in [-0.3, -0.25) is 9.59 Å². The summed E-state index contributed by atoms with van der Waals surface area (Å²) >= 11 is 0. The molecule has 1 amide bonds. The van der Waals surface area contributed by atoms with Crippen molar-refractivity contribution in [2.75, 3.05) is 13.2 Å². The quantitative estimate of drug-likeness (QED) is 0.0323. The Morgan fingerprint density at radius 1 is 0.466 bits per heavy atom. The van der Waals surface area contributed by atoms with Crippen LogP contribution in [0.25, 0.3) is 0 Å². The molecule has 2 atom stereocenters.